The second-order valence-corrected chi connectivity index (χ2v) is 10.0. The molecular weight excluding hydrogens is 444 g/mol. The van der Waals surface area contributed by atoms with E-state index >= 15 is 0 Å². The van der Waals surface area contributed by atoms with Crippen LogP contribution in [-0.2, 0) is 29.0 Å². The highest BCUT2D eigenvalue weighted by Gasteiger charge is 2.31. The fourth-order valence-corrected chi connectivity index (χ4v) is 5.03. The number of aryl methyl sites for hydroxylation is 2. The summed E-state index contributed by atoms with van der Waals surface area (Å²) in [5, 5.41) is 3.31. The lowest BCUT2D eigenvalue weighted by Crippen LogP contribution is -2.52. The summed E-state index contributed by atoms with van der Waals surface area (Å²) in [6.45, 7) is 2.48. The molecule has 0 saturated heterocycles. The van der Waals surface area contributed by atoms with Crippen molar-refractivity contribution < 1.29 is 9.59 Å². The molecule has 4 heteroatoms. The lowest BCUT2D eigenvalue weighted by molar-refractivity contribution is -0.141. The normalized spacial score (nSPS) is 14.7. The van der Waals surface area contributed by atoms with Crippen molar-refractivity contribution in [2.45, 2.75) is 76.9 Å². The number of rotatable bonds is 10. The Kier molecular flexibility index (Phi) is 9.32. The van der Waals surface area contributed by atoms with Crippen LogP contribution in [0.4, 0.5) is 0 Å². The molecule has 4 rings (SSSR count). The van der Waals surface area contributed by atoms with Crippen molar-refractivity contribution in [3.05, 3.63) is 107 Å². The average Bonchev–Trinajstić information content (AvgIpc) is 2.92. The fourth-order valence-electron chi connectivity index (χ4n) is 5.03. The first-order valence-corrected chi connectivity index (χ1v) is 13.3. The van der Waals surface area contributed by atoms with Crippen LogP contribution in [0.2, 0.25) is 0 Å². The predicted octanol–water partition coefficient (Wildman–Crippen LogP) is 6.02. The highest BCUT2D eigenvalue weighted by molar-refractivity contribution is 5.88. The van der Waals surface area contributed by atoms with E-state index in [9.17, 15) is 9.59 Å². The molecule has 3 aromatic carbocycles. The highest BCUT2D eigenvalue weighted by Crippen LogP contribution is 2.20. The van der Waals surface area contributed by atoms with Gasteiger partial charge in [-0.15, -0.1) is 0 Å². The Morgan fingerprint density at radius 2 is 1.42 bits per heavy atom. The second kappa shape index (κ2) is 13.1. The van der Waals surface area contributed by atoms with Gasteiger partial charge in [-0.3, -0.25) is 9.59 Å². The van der Waals surface area contributed by atoms with Crippen LogP contribution in [0.5, 0.6) is 0 Å². The topological polar surface area (TPSA) is 49.4 Å². The zero-order chi connectivity index (χ0) is 25.2. The molecule has 4 nitrogen and oxygen atoms in total. The van der Waals surface area contributed by atoms with E-state index in [1.54, 1.807) is 0 Å². The molecule has 0 radical (unpaired) electrons. The third kappa shape index (κ3) is 7.55. The number of hydrogen-bond acceptors (Lipinski definition) is 2. The Morgan fingerprint density at radius 1 is 0.806 bits per heavy atom. The number of hydrogen-bond donors (Lipinski definition) is 1. The van der Waals surface area contributed by atoms with E-state index in [4.69, 9.17) is 0 Å². The van der Waals surface area contributed by atoms with Crippen molar-refractivity contribution in [2.24, 2.45) is 0 Å². The molecule has 1 aliphatic rings. The molecule has 36 heavy (non-hydrogen) atoms. The first kappa shape index (κ1) is 25.7. The van der Waals surface area contributed by atoms with Gasteiger partial charge in [-0.25, -0.2) is 0 Å². The molecule has 1 fully saturated rings. The van der Waals surface area contributed by atoms with E-state index in [-0.39, 0.29) is 17.9 Å². The summed E-state index contributed by atoms with van der Waals surface area (Å²) >= 11 is 0. The largest absolute Gasteiger partial charge is 0.352 e. The zero-order valence-corrected chi connectivity index (χ0v) is 21.4. The fraction of sp³-hybridized carbons (Fsp3) is 0.375. The molecule has 1 saturated carbocycles. The van der Waals surface area contributed by atoms with Crippen molar-refractivity contribution >= 4 is 11.8 Å². The Hall–Kier alpha value is -3.40. The Balaban J connectivity index is 1.60. The zero-order valence-electron chi connectivity index (χ0n) is 21.4. The van der Waals surface area contributed by atoms with Gasteiger partial charge in [-0.1, -0.05) is 110 Å². The third-order valence-corrected chi connectivity index (χ3v) is 7.17. The van der Waals surface area contributed by atoms with E-state index in [2.05, 4.69) is 48.6 Å². The second-order valence-electron chi connectivity index (χ2n) is 10.0. The standard InChI is InChI=1S/C32H38N2O2/c1-25-17-19-28(20-18-25)24-34(31(35)22-21-26-11-5-2-6-12-26)30(23-27-13-7-3-8-14-27)32(36)33-29-15-9-4-10-16-29/h2-3,5-8,11-14,17-20,29-30H,4,9-10,15-16,21-24H2,1H3,(H,33,36)/t30-/m0/s1. The van der Waals surface area contributed by atoms with Gasteiger partial charge in [0.2, 0.25) is 11.8 Å². The van der Waals surface area contributed by atoms with Crippen molar-refractivity contribution in [2.75, 3.05) is 0 Å². The molecule has 2 amide bonds. The lowest BCUT2D eigenvalue weighted by atomic mass is 9.94. The summed E-state index contributed by atoms with van der Waals surface area (Å²) in [6, 6.07) is 28.0. The van der Waals surface area contributed by atoms with Crippen LogP contribution in [0.15, 0.2) is 84.9 Å². The summed E-state index contributed by atoms with van der Waals surface area (Å²) in [4.78, 5) is 29.4. The molecule has 0 heterocycles. The van der Waals surface area contributed by atoms with Crippen LogP contribution >= 0.6 is 0 Å². The predicted molar refractivity (Wildman–Crippen MR) is 145 cm³/mol. The number of nitrogens with zero attached hydrogens (tertiary/aromatic N) is 1. The maximum atomic E-state index is 13.8. The minimum Gasteiger partial charge on any atom is -0.352 e. The Labute approximate surface area is 215 Å². The number of benzene rings is 3. The molecule has 1 N–H and O–H groups in total. The van der Waals surface area contributed by atoms with Crippen LogP contribution in [0.25, 0.3) is 0 Å². The molecule has 0 bridgehead atoms. The third-order valence-electron chi connectivity index (χ3n) is 7.17. The first-order chi connectivity index (χ1) is 17.6. The molecule has 0 aliphatic heterocycles. The van der Waals surface area contributed by atoms with Crippen LogP contribution in [0.3, 0.4) is 0 Å². The van der Waals surface area contributed by atoms with Gasteiger partial charge in [0, 0.05) is 25.4 Å². The minimum absolute atomic E-state index is 0.0131. The first-order valence-electron chi connectivity index (χ1n) is 13.3. The van der Waals surface area contributed by atoms with Gasteiger partial charge < -0.3 is 10.2 Å². The van der Waals surface area contributed by atoms with Crippen molar-refractivity contribution in [1.82, 2.24) is 10.2 Å². The number of nitrogens with one attached hydrogen (secondary N) is 1. The summed E-state index contributed by atoms with van der Waals surface area (Å²) in [7, 11) is 0. The number of carbonyl (C=O) groups is 2. The maximum absolute atomic E-state index is 13.8. The van der Waals surface area contributed by atoms with Crippen LogP contribution in [-0.4, -0.2) is 28.8 Å². The molecule has 1 atom stereocenters. The number of amides is 2. The van der Waals surface area contributed by atoms with Gasteiger partial charge >= 0.3 is 0 Å². The lowest BCUT2D eigenvalue weighted by Gasteiger charge is -2.33. The average molecular weight is 483 g/mol. The van der Waals surface area contributed by atoms with Crippen molar-refractivity contribution in [3.63, 3.8) is 0 Å². The van der Waals surface area contributed by atoms with E-state index in [1.165, 1.54) is 12.0 Å². The molecule has 1 aliphatic carbocycles. The van der Waals surface area contributed by atoms with E-state index in [0.717, 1.165) is 42.4 Å². The van der Waals surface area contributed by atoms with E-state index in [0.29, 0.717) is 25.8 Å². The number of carbonyl (C=O) groups excluding carboxylic acids is 2. The molecule has 188 valence electrons. The molecule has 3 aromatic rings. The van der Waals surface area contributed by atoms with E-state index in [1.807, 2.05) is 53.4 Å². The molecular formula is C32H38N2O2. The van der Waals surface area contributed by atoms with Crippen LogP contribution < -0.4 is 5.32 Å². The van der Waals surface area contributed by atoms with Crippen LogP contribution in [0.1, 0.15) is 60.8 Å². The van der Waals surface area contributed by atoms with Gasteiger partial charge in [0.25, 0.3) is 0 Å². The summed E-state index contributed by atoms with van der Waals surface area (Å²) < 4.78 is 0. The quantitative estimate of drug-likeness (QED) is 0.384. The van der Waals surface area contributed by atoms with Crippen LogP contribution in [0, 0.1) is 6.92 Å². The van der Waals surface area contributed by atoms with Crippen molar-refractivity contribution in [1.29, 1.82) is 0 Å². The van der Waals surface area contributed by atoms with Gasteiger partial charge in [0.05, 0.1) is 0 Å². The summed E-state index contributed by atoms with van der Waals surface area (Å²) in [5.74, 6) is -0.0231. The monoisotopic (exact) mass is 482 g/mol. The van der Waals surface area contributed by atoms with Gasteiger partial charge in [-0.05, 0) is 42.9 Å². The molecule has 0 aromatic heterocycles. The maximum Gasteiger partial charge on any atom is 0.243 e. The minimum atomic E-state index is -0.557. The molecule has 0 unspecified atom stereocenters. The highest BCUT2D eigenvalue weighted by atomic mass is 16.2. The SMILES string of the molecule is Cc1ccc(CN(C(=O)CCc2ccccc2)[C@@H](Cc2ccccc2)C(=O)NC2CCCCC2)cc1. The van der Waals surface area contributed by atoms with Gasteiger partial charge in [-0.2, -0.15) is 0 Å². The van der Waals surface area contributed by atoms with Crippen molar-refractivity contribution in [3.8, 4) is 0 Å². The Morgan fingerprint density at radius 3 is 2.06 bits per heavy atom. The molecule has 0 spiro atoms. The van der Waals surface area contributed by atoms with E-state index < -0.39 is 6.04 Å². The smallest absolute Gasteiger partial charge is 0.243 e. The summed E-state index contributed by atoms with van der Waals surface area (Å²) in [6.07, 6.45) is 7.10. The van der Waals surface area contributed by atoms with Gasteiger partial charge in [0.15, 0.2) is 0 Å². The Bertz CT molecular complexity index is 1090. The summed E-state index contributed by atoms with van der Waals surface area (Å²) in [5.41, 5.74) is 4.41. The van der Waals surface area contributed by atoms with Gasteiger partial charge in [0.1, 0.15) is 6.04 Å².